The number of hydrogen-bond acceptors (Lipinski definition) is 6. The fourth-order valence-electron chi connectivity index (χ4n) is 3.73. The molecule has 0 saturated carbocycles. The lowest BCUT2D eigenvalue weighted by molar-refractivity contribution is 0.411. The summed E-state index contributed by atoms with van der Waals surface area (Å²) in [5.74, 6) is 3.71. The number of methoxy groups -OCH3 is 1. The number of nitrogens with zero attached hydrogens (tertiary/aromatic N) is 4. The number of nitrogens with two attached hydrogens (primary N) is 1. The van der Waals surface area contributed by atoms with Gasteiger partial charge in [0.25, 0.3) is 0 Å². The van der Waals surface area contributed by atoms with E-state index in [-0.39, 0.29) is 0 Å². The molecule has 144 valence electrons. The Bertz CT molecular complexity index is 911. The minimum absolute atomic E-state index is 0.570. The lowest BCUT2D eigenvalue weighted by Crippen LogP contribution is -2.36. The van der Waals surface area contributed by atoms with Gasteiger partial charge in [0.05, 0.1) is 7.11 Å². The van der Waals surface area contributed by atoms with Gasteiger partial charge in [0.2, 0.25) is 0 Å². The number of pyridine rings is 1. The third kappa shape index (κ3) is 4.22. The van der Waals surface area contributed by atoms with Crippen molar-refractivity contribution < 1.29 is 4.74 Å². The van der Waals surface area contributed by atoms with Crippen LogP contribution in [0.2, 0.25) is 0 Å². The zero-order valence-corrected chi connectivity index (χ0v) is 16.1. The molecule has 1 aliphatic rings. The topological polar surface area (TPSA) is 77.2 Å². The van der Waals surface area contributed by atoms with Crippen LogP contribution in [0.15, 0.2) is 54.9 Å². The first-order valence-electron chi connectivity index (χ1n) is 9.64. The largest absolute Gasteiger partial charge is 0.497 e. The van der Waals surface area contributed by atoms with E-state index in [4.69, 9.17) is 15.5 Å². The summed E-state index contributed by atoms with van der Waals surface area (Å²) in [5, 5.41) is 0. The highest BCUT2D eigenvalue weighted by Crippen LogP contribution is 2.26. The number of rotatable bonds is 5. The number of hydrogen-bond donors (Lipinski definition) is 1. The van der Waals surface area contributed by atoms with Crippen LogP contribution >= 0.6 is 0 Å². The first-order chi connectivity index (χ1) is 13.7. The molecular weight excluding hydrogens is 350 g/mol. The average molecular weight is 375 g/mol. The molecule has 2 aromatic heterocycles. The molecule has 1 atom stereocenters. The minimum Gasteiger partial charge on any atom is -0.497 e. The second-order valence-electron chi connectivity index (χ2n) is 7.22. The summed E-state index contributed by atoms with van der Waals surface area (Å²) in [6.45, 7) is 2.01. The molecule has 0 amide bonds. The van der Waals surface area contributed by atoms with Gasteiger partial charge in [0.15, 0.2) is 5.82 Å². The van der Waals surface area contributed by atoms with E-state index in [9.17, 15) is 0 Å². The molecule has 1 aliphatic heterocycles. The van der Waals surface area contributed by atoms with Crippen LogP contribution in [0.1, 0.15) is 18.4 Å². The molecule has 6 heteroatoms. The van der Waals surface area contributed by atoms with Gasteiger partial charge >= 0.3 is 0 Å². The van der Waals surface area contributed by atoms with Crippen LogP contribution in [0.4, 0.5) is 11.6 Å². The molecule has 4 rings (SSSR count). The van der Waals surface area contributed by atoms with Crippen molar-refractivity contribution in [2.24, 2.45) is 5.92 Å². The zero-order chi connectivity index (χ0) is 19.3. The Morgan fingerprint density at radius 2 is 1.96 bits per heavy atom. The molecule has 0 bridgehead atoms. The van der Waals surface area contributed by atoms with Crippen molar-refractivity contribution in [3.05, 3.63) is 60.4 Å². The first-order valence-corrected chi connectivity index (χ1v) is 9.64. The standard InChI is InChI=1S/C22H25N5O/c1-28-19-7-5-18(6-8-19)22-24-11-10-21(26-22)27-12-2-3-17(15-27)13-16-4-9-20(23)25-14-16/h4-11,14,17H,2-3,12-13,15H2,1H3,(H2,23,25). The summed E-state index contributed by atoms with van der Waals surface area (Å²) in [5.41, 5.74) is 7.92. The molecule has 0 radical (unpaired) electrons. The first kappa shape index (κ1) is 18.2. The van der Waals surface area contributed by atoms with E-state index >= 15 is 0 Å². The van der Waals surface area contributed by atoms with E-state index in [2.05, 4.69) is 20.9 Å². The smallest absolute Gasteiger partial charge is 0.161 e. The number of aromatic nitrogens is 3. The lowest BCUT2D eigenvalue weighted by atomic mass is 9.92. The molecule has 1 fully saturated rings. The van der Waals surface area contributed by atoms with E-state index < -0.39 is 0 Å². The summed E-state index contributed by atoms with van der Waals surface area (Å²) in [7, 11) is 1.67. The summed E-state index contributed by atoms with van der Waals surface area (Å²) in [6.07, 6.45) is 7.13. The van der Waals surface area contributed by atoms with Gasteiger partial charge in [-0.25, -0.2) is 15.0 Å². The van der Waals surface area contributed by atoms with Crippen LogP contribution in [-0.2, 0) is 6.42 Å². The maximum atomic E-state index is 5.70. The summed E-state index contributed by atoms with van der Waals surface area (Å²) >= 11 is 0. The van der Waals surface area contributed by atoms with Gasteiger partial charge in [-0.15, -0.1) is 0 Å². The van der Waals surface area contributed by atoms with Crippen molar-refractivity contribution >= 4 is 11.6 Å². The molecule has 3 aromatic rings. The van der Waals surface area contributed by atoms with Crippen LogP contribution in [0, 0.1) is 5.92 Å². The molecule has 1 unspecified atom stereocenters. The quantitative estimate of drug-likeness (QED) is 0.734. The van der Waals surface area contributed by atoms with Crippen molar-refractivity contribution in [2.45, 2.75) is 19.3 Å². The van der Waals surface area contributed by atoms with Gasteiger partial charge in [-0.05, 0) is 67.1 Å². The van der Waals surface area contributed by atoms with Crippen LogP contribution in [0.3, 0.4) is 0 Å². The van der Waals surface area contributed by atoms with Gasteiger partial charge in [-0.2, -0.15) is 0 Å². The average Bonchev–Trinajstić information content (AvgIpc) is 2.76. The van der Waals surface area contributed by atoms with Crippen LogP contribution in [-0.4, -0.2) is 35.2 Å². The predicted octanol–water partition coefficient (Wildman–Crippen LogP) is 3.59. The minimum atomic E-state index is 0.570. The third-order valence-electron chi connectivity index (χ3n) is 5.20. The molecule has 0 spiro atoms. The third-order valence-corrected chi connectivity index (χ3v) is 5.20. The normalized spacial score (nSPS) is 16.8. The summed E-state index contributed by atoms with van der Waals surface area (Å²) in [4.78, 5) is 15.9. The Morgan fingerprint density at radius 1 is 1.11 bits per heavy atom. The number of ether oxygens (including phenoxy) is 1. The molecule has 1 saturated heterocycles. The Balaban J connectivity index is 1.47. The molecule has 0 aliphatic carbocycles. The fourth-order valence-corrected chi connectivity index (χ4v) is 3.73. The van der Waals surface area contributed by atoms with E-state index in [1.54, 1.807) is 7.11 Å². The van der Waals surface area contributed by atoms with Gasteiger partial charge < -0.3 is 15.4 Å². The summed E-state index contributed by atoms with van der Waals surface area (Å²) in [6, 6.07) is 13.8. The summed E-state index contributed by atoms with van der Waals surface area (Å²) < 4.78 is 5.23. The Labute approximate surface area is 165 Å². The second kappa shape index (κ2) is 8.25. The Morgan fingerprint density at radius 3 is 2.71 bits per heavy atom. The predicted molar refractivity (Wildman–Crippen MR) is 111 cm³/mol. The molecular formula is C22H25N5O. The highest BCUT2D eigenvalue weighted by molar-refractivity contribution is 5.58. The SMILES string of the molecule is COc1ccc(-c2nccc(N3CCCC(Cc4ccc(N)nc4)C3)n2)cc1. The van der Waals surface area contributed by atoms with E-state index in [0.29, 0.717) is 11.7 Å². The van der Waals surface area contributed by atoms with Gasteiger partial charge in [0, 0.05) is 31.0 Å². The van der Waals surface area contributed by atoms with Crippen molar-refractivity contribution in [1.29, 1.82) is 0 Å². The monoisotopic (exact) mass is 375 g/mol. The number of nitrogen functional groups attached to an aromatic ring is 1. The van der Waals surface area contributed by atoms with Gasteiger partial charge in [-0.3, -0.25) is 0 Å². The Kier molecular flexibility index (Phi) is 5.37. The highest BCUT2D eigenvalue weighted by atomic mass is 16.5. The second-order valence-corrected chi connectivity index (χ2v) is 7.22. The van der Waals surface area contributed by atoms with Crippen molar-refractivity contribution in [3.8, 4) is 17.1 Å². The number of anilines is 2. The Hall–Kier alpha value is -3.15. The molecule has 28 heavy (non-hydrogen) atoms. The number of piperidine rings is 1. The van der Waals surface area contributed by atoms with Crippen LogP contribution < -0.4 is 15.4 Å². The molecule has 2 N–H and O–H groups in total. The zero-order valence-electron chi connectivity index (χ0n) is 16.1. The molecule has 6 nitrogen and oxygen atoms in total. The van der Waals surface area contributed by atoms with Crippen LogP contribution in [0.5, 0.6) is 5.75 Å². The highest BCUT2D eigenvalue weighted by Gasteiger charge is 2.22. The van der Waals surface area contributed by atoms with Crippen LogP contribution in [0.25, 0.3) is 11.4 Å². The van der Waals surface area contributed by atoms with Gasteiger partial charge in [0.1, 0.15) is 17.4 Å². The number of benzene rings is 1. The van der Waals surface area contributed by atoms with E-state index in [1.807, 2.05) is 48.8 Å². The van der Waals surface area contributed by atoms with Gasteiger partial charge in [-0.1, -0.05) is 6.07 Å². The lowest BCUT2D eigenvalue weighted by Gasteiger charge is -2.33. The maximum Gasteiger partial charge on any atom is 0.161 e. The molecule has 3 heterocycles. The maximum absolute atomic E-state index is 5.70. The van der Waals surface area contributed by atoms with Crippen molar-refractivity contribution in [1.82, 2.24) is 15.0 Å². The fraction of sp³-hybridized carbons (Fsp3) is 0.318. The van der Waals surface area contributed by atoms with Crippen molar-refractivity contribution in [3.63, 3.8) is 0 Å². The van der Waals surface area contributed by atoms with Crippen molar-refractivity contribution in [2.75, 3.05) is 30.8 Å². The van der Waals surface area contributed by atoms with E-state index in [0.717, 1.165) is 48.9 Å². The molecule has 1 aromatic carbocycles. The van der Waals surface area contributed by atoms with E-state index in [1.165, 1.54) is 12.0 Å².